The molecule has 106 valence electrons. The summed E-state index contributed by atoms with van der Waals surface area (Å²) in [5.41, 5.74) is 7.21. The Labute approximate surface area is 132 Å². The molecule has 0 radical (unpaired) electrons. The Hall–Kier alpha value is -0.980. The predicted molar refractivity (Wildman–Crippen MR) is 89.4 cm³/mol. The van der Waals surface area contributed by atoms with Gasteiger partial charge in [-0.05, 0) is 25.5 Å². The van der Waals surface area contributed by atoms with Gasteiger partial charge in [-0.3, -0.25) is 0 Å². The molecule has 1 aromatic rings. The van der Waals surface area contributed by atoms with Crippen LogP contribution in [0.3, 0.4) is 0 Å². The van der Waals surface area contributed by atoms with Gasteiger partial charge in [0.1, 0.15) is 11.9 Å². The highest BCUT2D eigenvalue weighted by Crippen LogP contribution is 2.28. The van der Waals surface area contributed by atoms with E-state index in [0.29, 0.717) is 12.5 Å². The molecule has 4 nitrogen and oxygen atoms in total. The minimum atomic E-state index is 0. The zero-order valence-electron chi connectivity index (χ0n) is 11.5. The molecule has 0 spiro atoms. The molecular formula is C14H22IN3O. The van der Waals surface area contributed by atoms with Crippen LogP contribution in [0, 0.1) is 0 Å². The summed E-state index contributed by atoms with van der Waals surface area (Å²) in [6.07, 6.45) is 1.04. The number of benzene rings is 1. The molecule has 1 aliphatic rings. The van der Waals surface area contributed by atoms with E-state index in [2.05, 4.69) is 24.9 Å². The van der Waals surface area contributed by atoms with Crippen LogP contribution in [0.4, 0.5) is 0 Å². The van der Waals surface area contributed by atoms with Gasteiger partial charge in [0.25, 0.3) is 0 Å². The van der Waals surface area contributed by atoms with E-state index in [9.17, 15) is 0 Å². The summed E-state index contributed by atoms with van der Waals surface area (Å²) in [5.74, 6) is 1.60. The van der Waals surface area contributed by atoms with E-state index in [1.807, 2.05) is 23.1 Å². The maximum Gasteiger partial charge on any atom is 0.191 e. The normalized spacial score (nSPS) is 17.4. The van der Waals surface area contributed by atoms with Gasteiger partial charge in [0.2, 0.25) is 0 Å². The number of guanidine groups is 1. The number of hydrogen-bond acceptors (Lipinski definition) is 2. The second-order valence-corrected chi connectivity index (χ2v) is 4.42. The van der Waals surface area contributed by atoms with Crippen molar-refractivity contribution in [3.8, 4) is 5.75 Å². The number of aliphatic imine (C=N–C) groups is 1. The Bertz CT molecular complexity index is 407. The average Bonchev–Trinajstić information content (AvgIpc) is 2.80. The summed E-state index contributed by atoms with van der Waals surface area (Å²) in [7, 11) is 0. The van der Waals surface area contributed by atoms with Crippen molar-refractivity contribution in [2.24, 2.45) is 10.7 Å². The molecule has 2 N–H and O–H groups in total. The van der Waals surface area contributed by atoms with Gasteiger partial charge < -0.3 is 15.4 Å². The fourth-order valence-electron chi connectivity index (χ4n) is 2.20. The molecule has 0 fully saturated rings. The SMILES string of the molecule is CCN(CC)C(N)=NCC1Cc2ccccc2O1.I. The molecule has 0 saturated carbocycles. The monoisotopic (exact) mass is 375 g/mol. The zero-order valence-corrected chi connectivity index (χ0v) is 13.8. The van der Waals surface area contributed by atoms with Crippen molar-refractivity contribution < 1.29 is 4.74 Å². The summed E-state index contributed by atoms with van der Waals surface area (Å²) in [6.45, 7) is 6.55. The van der Waals surface area contributed by atoms with Crippen molar-refractivity contribution in [2.45, 2.75) is 26.4 Å². The van der Waals surface area contributed by atoms with E-state index in [0.717, 1.165) is 25.3 Å². The lowest BCUT2D eigenvalue weighted by molar-refractivity contribution is 0.241. The molecule has 1 aromatic carbocycles. The number of ether oxygens (including phenoxy) is 1. The molecule has 0 amide bonds. The van der Waals surface area contributed by atoms with Gasteiger partial charge in [0, 0.05) is 19.5 Å². The van der Waals surface area contributed by atoms with Crippen molar-refractivity contribution in [1.29, 1.82) is 0 Å². The Morgan fingerprint density at radius 2 is 2.05 bits per heavy atom. The van der Waals surface area contributed by atoms with Crippen molar-refractivity contribution in [3.63, 3.8) is 0 Å². The van der Waals surface area contributed by atoms with E-state index in [1.165, 1.54) is 5.56 Å². The van der Waals surface area contributed by atoms with Gasteiger partial charge in [0.05, 0.1) is 6.54 Å². The first kappa shape index (κ1) is 16.1. The second-order valence-electron chi connectivity index (χ2n) is 4.42. The van der Waals surface area contributed by atoms with Gasteiger partial charge in [-0.1, -0.05) is 18.2 Å². The van der Waals surface area contributed by atoms with Crippen LogP contribution in [0.1, 0.15) is 19.4 Å². The lowest BCUT2D eigenvalue weighted by Gasteiger charge is -2.19. The van der Waals surface area contributed by atoms with Gasteiger partial charge >= 0.3 is 0 Å². The molecule has 0 aromatic heterocycles. The Morgan fingerprint density at radius 3 is 2.68 bits per heavy atom. The lowest BCUT2D eigenvalue weighted by atomic mass is 10.1. The molecule has 5 heteroatoms. The Balaban J connectivity index is 0.00000180. The third kappa shape index (κ3) is 3.99. The summed E-state index contributed by atoms with van der Waals surface area (Å²) in [6, 6.07) is 8.15. The maximum atomic E-state index is 5.94. The molecule has 2 rings (SSSR count). The Kier molecular flexibility index (Phi) is 6.41. The van der Waals surface area contributed by atoms with Crippen LogP contribution in [0.5, 0.6) is 5.75 Å². The van der Waals surface area contributed by atoms with Crippen molar-refractivity contribution in [3.05, 3.63) is 29.8 Å². The first-order valence-corrected chi connectivity index (χ1v) is 6.54. The maximum absolute atomic E-state index is 5.94. The highest BCUT2D eigenvalue weighted by Gasteiger charge is 2.21. The minimum absolute atomic E-state index is 0. The minimum Gasteiger partial charge on any atom is -0.488 e. The number of nitrogens with zero attached hydrogens (tertiary/aromatic N) is 2. The van der Waals surface area contributed by atoms with Gasteiger partial charge in [-0.15, -0.1) is 24.0 Å². The number of nitrogens with two attached hydrogens (primary N) is 1. The Morgan fingerprint density at radius 1 is 1.37 bits per heavy atom. The topological polar surface area (TPSA) is 50.8 Å². The second kappa shape index (κ2) is 7.57. The van der Waals surface area contributed by atoms with Crippen LogP contribution in [-0.2, 0) is 6.42 Å². The predicted octanol–water partition coefficient (Wildman–Crippen LogP) is 2.26. The summed E-state index contributed by atoms with van der Waals surface area (Å²) < 4.78 is 5.82. The van der Waals surface area contributed by atoms with E-state index in [4.69, 9.17) is 10.5 Å². The van der Waals surface area contributed by atoms with E-state index in [-0.39, 0.29) is 30.1 Å². The van der Waals surface area contributed by atoms with Crippen LogP contribution in [0.2, 0.25) is 0 Å². The number of rotatable bonds is 4. The van der Waals surface area contributed by atoms with Crippen LogP contribution in [0.25, 0.3) is 0 Å². The fraction of sp³-hybridized carbons (Fsp3) is 0.500. The van der Waals surface area contributed by atoms with Crippen molar-refractivity contribution >= 4 is 29.9 Å². The smallest absolute Gasteiger partial charge is 0.191 e. The van der Waals surface area contributed by atoms with Gasteiger partial charge in [0.15, 0.2) is 5.96 Å². The lowest BCUT2D eigenvalue weighted by Crippen LogP contribution is -2.37. The molecule has 1 aliphatic heterocycles. The highest BCUT2D eigenvalue weighted by molar-refractivity contribution is 14.0. The van der Waals surface area contributed by atoms with E-state index < -0.39 is 0 Å². The first-order chi connectivity index (χ1) is 8.74. The number of halogens is 1. The molecule has 1 heterocycles. The van der Waals surface area contributed by atoms with E-state index in [1.54, 1.807) is 0 Å². The molecule has 1 unspecified atom stereocenters. The third-order valence-corrected chi connectivity index (χ3v) is 3.26. The molecule has 0 saturated heterocycles. The van der Waals surface area contributed by atoms with Crippen molar-refractivity contribution in [1.82, 2.24) is 4.90 Å². The van der Waals surface area contributed by atoms with Crippen LogP contribution >= 0.6 is 24.0 Å². The molecular weight excluding hydrogens is 353 g/mol. The first-order valence-electron chi connectivity index (χ1n) is 6.54. The molecule has 0 aliphatic carbocycles. The number of fused-ring (bicyclic) bond motifs is 1. The quantitative estimate of drug-likeness (QED) is 0.499. The summed E-state index contributed by atoms with van der Waals surface area (Å²) in [5, 5.41) is 0. The number of para-hydroxylation sites is 1. The molecule has 1 atom stereocenters. The molecule has 0 bridgehead atoms. The zero-order chi connectivity index (χ0) is 13.0. The van der Waals surface area contributed by atoms with Gasteiger partial charge in [-0.25, -0.2) is 4.99 Å². The number of hydrogen-bond donors (Lipinski definition) is 1. The molecule has 19 heavy (non-hydrogen) atoms. The highest BCUT2D eigenvalue weighted by atomic mass is 127. The van der Waals surface area contributed by atoms with Crippen LogP contribution in [-0.4, -0.2) is 36.6 Å². The van der Waals surface area contributed by atoms with E-state index >= 15 is 0 Å². The van der Waals surface area contributed by atoms with Crippen LogP contribution < -0.4 is 10.5 Å². The largest absolute Gasteiger partial charge is 0.488 e. The van der Waals surface area contributed by atoms with Crippen LogP contribution in [0.15, 0.2) is 29.3 Å². The fourth-order valence-corrected chi connectivity index (χ4v) is 2.20. The van der Waals surface area contributed by atoms with Crippen molar-refractivity contribution in [2.75, 3.05) is 19.6 Å². The standard InChI is InChI=1S/C14H21N3O.HI/c1-3-17(4-2)14(15)16-10-12-9-11-7-5-6-8-13(11)18-12;/h5-8,12H,3-4,9-10H2,1-2H3,(H2,15,16);1H. The average molecular weight is 375 g/mol. The third-order valence-electron chi connectivity index (χ3n) is 3.26. The van der Waals surface area contributed by atoms with Gasteiger partial charge in [-0.2, -0.15) is 0 Å². The summed E-state index contributed by atoms with van der Waals surface area (Å²) in [4.78, 5) is 6.47. The summed E-state index contributed by atoms with van der Waals surface area (Å²) >= 11 is 0.